The van der Waals surface area contributed by atoms with E-state index in [0.717, 1.165) is 76.9 Å². The summed E-state index contributed by atoms with van der Waals surface area (Å²) in [6.07, 6.45) is 7.61. The van der Waals surface area contributed by atoms with Crippen molar-refractivity contribution in [2.75, 3.05) is 19.7 Å². The van der Waals surface area contributed by atoms with E-state index in [0.29, 0.717) is 5.92 Å². The van der Waals surface area contributed by atoms with Crippen LogP contribution in [-0.2, 0) is 22.4 Å². The average molecular weight is 357 g/mol. The fourth-order valence-corrected chi connectivity index (χ4v) is 4.46. The van der Waals surface area contributed by atoms with Crippen molar-refractivity contribution in [2.45, 2.75) is 58.4 Å². The highest BCUT2D eigenvalue weighted by Gasteiger charge is 2.31. The molecule has 2 aliphatic rings. The lowest BCUT2D eigenvalue weighted by molar-refractivity contribution is -0.141. The maximum Gasteiger partial charge on any atom is 0.325 e. The number of piperidine rings is 1. The van der Waals surface area contributed by atoms with Gasteiger partial charge in [-0.1, -0.05) is 38.0 Å². The van der Waals surface area contributed by atoms with E-state index in [9.17, 15) is 4.79 Å². The molecule has 0 aromatic heterocycles. The fourth-order valence-electron chi connectivity index (χ4n) is 4.46. The summed E-state index contributed by atoms with van der Waals surface area (Å²) in [7, 11) is 1.52. The lowest BCUT2D eigenvalue weighted by Crippen LogP contribution is -2.38. The fraction of sp³-hybridized carbons (Fsp3) is 0.667. The van der Waals surface area contributed by atoms with Gasteiger partial charge in [0.25, 0.3) is 5.97 Å². The third-order valence-electron chi connectivity index (χ3n) is 5.98. The van der Waals surface area contributed by atoms with Gasteiger partial charge in [0.05, 0.1) is 12.5 Å². The number of aryl methyl sites for hydroxylation is 1. The Morgan fingerprint density at radius 2 is 2.19 bits per heavy atom. The van der Waals surface area contributed by atoms with Crippen LogP contribution >= 0.6 is 0 Å². The molecule has 0 aliphatic carbocycles. The molecule has 4 nitrogen and oxygen atoms in total. The molecule has 142 valence electrons. The minimum Gasteiger partial charge on any atom is -0.543 e. The Kier molecular flexibility index (Phi) is 7.01. The van der Waals surface area contributed by atoms with E-state index in [-0.39, 0.29) is 11.9 Å². The zero-order chi connectivity index (χ0) is 18.4. The SMILES string of the molecule is BOC(=O)C(CCCC)C1CCN(Cc2cccc3c2OCCC3)CC1. The highest BCUT2D eigenvalue weighted by Crippen LogP contribution is 2.33. The topological polar surface area (TPSA) is 38.8 Å². The Labute approximate surface area is 158 Å². The summed E-state index contributed by atoms with van der Waals surface area (Å²) in [6.45, 7) is 6.07. The smallest absolute Gasteiger partial charge is 0.325 e. The van der Waals surface area contributed by atoms with E-state index in [4.69, 9.17) is 9.39 Å². The zero-order valence-corrected chi connectivity index (χ0v) is 16.3. The lowest BCUT2D eigenvalue weighted by atomic mass is 9.81. The molecule has 0 spiro atoms. The summed E-state index contributed by atoms with van der Waals surface area (Å²) in [5.41, 5.74) is 2.67. The third kappa shape index (κ3) is 4.62. The molecule has 2 aliphatic heterocycles. The second-order valence-electron chi connectivity index (χ2n) is 7.74. The number of likely N-dealkylation sites (tertiary alicyclic amines) is 1. The van der Waals surface area contributed by atoms with Crippen molar-refractivity contribution in [3.8, 4) is 5.75 Å². The van der Waals surface area contributed by atoms with E-state index >= 15 is 0 Å². The molecular formula is C21H32BNO3. The number of nitrogens with zero attached hydrogens (tertiary/aromatic N) is 1. The van der Waals surface area contributed by atoms with Crippen LogP contribution in [0.1, 0.15) is 56.6 Å². The van der Waals surface area contributed by atoms with Gasteiger partial charge >= 0.3 is 8.05 Å². The summed E-state index contributed by atoms with van der Waals surface area (Å²) in [5, 5.41) is 0. The number of rotatable bonds is 7. The summed E-state index contributed by atoms with van der Waals surface area (Å²) in [4.78, 5) is 14.7. The van der Waals surface area contributed by atoms with Gasteiger partial charge in [-0.15, -0.1) is 0 Å². The van der Waals surface area contributed by atoms with E-state index in [1.807, 2.05) is 0 Å². The second-order valence-corrected chi connectivity index (χ2v) is 7.74. The zero-order valence-electron chi connectivity index (χ0n) is 16.3. The average Bonchev–Trinajstić information content (AvgIpc) is 2.69. The van der Waals surface area contributed by atoms with E-state index in [1.54, 1.807) is 0 Å². The monoisotopic (exact) mass is 357 g/mol. The number of hydrogen-bond donors (Lipinski definition) is 0. The molecule has 0 N–H and O–H groups in total. The second kappa shape index (κ2) is 9.45. The molecule has 1 unspecified atom stereocenters. The van der Waals surface area contributed by atoms with Crippen LogP contribution in [0, 0.1) is 11.8 Å². The van der Waals surface area contributed by atoms with Gasteiger partial charge in [0.1, 0.15) is 5.75 Å². The standard InChI is InChI=1S/C21H32BNO3/c1-2-3-9-19(21(24)26-22)16-10-12-23(13-11-16)15-18-7-4-6-17-8-5-14-25-20(17)18/h4,6-7,16,19H,2-3,5,8-15,22H2,1H3. The molecule has 0 saturated carbocycles. The third-order valence-corrected chi connectivity index (χ3v) is 5.98. The first-order valence-corrected chi connectivity index (χ1v) is 10.3. The van der Waals surface area contributed by atoms with Gasteiger partial charge < -0.3 is 9.39 Å². The molecule has 26 heavy (non-hydrogen) atoms. The minimum absolute atomic E-state index is 0.0116. The van der Waals surface area contributed by atoms with Crippen LogP contribution in [0.2, 0.25) is 0 Å². The van der Waals surface area contributed by atoms with E-state index in [1.165, 1.54) is 19.2 Å². The van der Waals surface area contributed by atoms with Crippen molar-refractivity contribution in [1.29, 1.82) is 0 Å². The van der Waals surface area contributed by atoms with Gasteiger partial charge in [-0.05, 0) is 56.7 Å². The first-order chi connectivity index (χ1) is 12.7. The first kappa shape index (κ1) is 19.3. The maximum atomic E-state index is 12.2. The van der Waals surface area contributed by atoms with Crippen LogP contribution in [0.4, 0.5) is 0 Å². The number of hydrogen-bond acceptors (Lipinski definition) is 4. The van der Waals surface area contributed by atoms with Crippen LogP contribution < -0.4 is 4.74 Å². The van der Waals surface area contributed by atoms with E-state index in [2.05, 4.69) is 30.0 Å². The number of para-hydroxylation sites is 1. The molecule has 0 amide bonds. The number of benzene rings is 1. The van der Waals surface area contributed by atoms with Gasteiger partial charge in [-0.3, -0.25) is 9.69 Å². The molecule has 1 fully saturated rings. The molecule has 5 heteroatoms. The Balaban J connectivity index is 1.57. The molecule has 3 rings (SSSR count). The molecule has 1 atom stereocenters. The number of ether oxygens (including phenoxy) is 1. The Morgan fingerprint density at radius 3 is 2.92 bits per heavy atom. The van der Waals surface area contributed by atoms with Crippen molar-refractivity contribution < 1.29 is 14.2 Å². The Morgan fingerprint density at radius 1 is 1.38 bits per heavy atom. The molecule has 1 saturated heterocycles. The van der Waals surface area contributed by atoms with Crippen LogP contribution in [0.5, 0.6) is 5.75 Å². The summed E-state index contributed by atoms with van der Waals surface area (Å²) in [5.74, 6) is 1.65. The largest absolute Gasteiger partial charge is 0.543 e. The number of carbonyl (C=O) groups excluding carboxylic acids is 1. The van der Waals surface area contributed by atoms with Crippen molar-refractivity contribution in [3.63, 3.8) is 0 Å². The predicted octanol–water partition coefficient (Wildman–Crippen LogP) is 3.12. The van der Waals surface area contributed by atoms with Crippen LogP contribution in [0.25, 0.3) is 0 Å². The molecule has 2 heterocycles. The summed E-state index contributed by atoms with van der Waals surface area (Å²) in [6, 6.07) is 6.56. The normalized spacial score (nSPS) is 19.4. The number of unbranched alkanes of at least 4 members (excludes halogenated alkanes) is 1. The van der Waals surface area contributed by atoms with Crippen LogP contribution in [-0.4, -0.2) is 38.6 Å². The van der Waals surface area contributed by atoms with Gasteiger partial charge in [-0.2, -0.15) is 0 Å². The van der Waals surface area contributed by atoms with Gasteiger partial charge in [0.15, 0.2) is 0 Å². The molecule has 1 aromatic carbocycles. The van der Waals surface area contributed by atoms with Gasteiger partial charge in [0, 0.05) is 12.1 Å². The molecule has 0 bridgehead atoms. The molecule has 0 radical (unpaired) electrons. The lowest BCUT2D eigenvalue weighted by Gasteiger charge is -2.35. The first-order valence-electron chi connectivity index (χ1n) is 10.3. The van der Waals surface area contributed by atoms with Crippen molar-refractivity contribution in [2.24, 2.45) is 11.8 Å². The van der Waals surface area contributed by atoms with Gasteiger partial charge in [-0.25, -0.2) is 0 Å². The number of fused-ring (bicyclic) bond motifs is 1. The van der Waals surface area contributed by atoms with E-state index < -0.39 is 0 Å². The van der Waals surface area contributed by atoms with Crippen molar-refractivity contribution in [3.05, 3.63) is 29.3 Å². The van der Waals surface area contributed by atoms with Crippen LogP contribution in [0.15, 0.2) is 18.2 Å². The van der Waals surface area contributed by atoms with Crippen LogP contribution in [0.3, 0.4) is 0 Å². The number of carbonyl (C=O) groups is 1. The molecular weight excluding hydrogens is 325 g/mol. The van der Waals surface area contributed by atoms with Gasteiger partial charge in [0.2, 0.25) is 0 Å². The maximum absolute atomic E-state index is 12.2. The Bertz CT molecular complexity index is 599. The molecule has 1 aromatic rings. The predicted molar refractivity (Wildman–Crippen MR) is 106 cm³/mol. The summed E-state index contributed by atoms with van der Waals surface area (Å²) < 4.78 is 11.0. The minimum atomic E-state index is -0.0116. The quantitative estimate of drug-likeness (QED) is 0.703. The Hall–Kier alpha value is -1.49. The van der Waals surface area contributed by atoms with Crippen molar-refractivity contribution in [1.82, 2.24) is 4.90 Å². The van der Waals surface area contributed by atoms with Crippen molar-refractivity contribution >= 4 is 14.0 Å². The summed E-state index contributed by atoms with van der Waals surface area (Å²) >= 11 is 0. The highest BCUT2D eigenvalue weighted by molar-refractivity contribution is 6.05. The highest BCUT2D eigenvalue weighted by atomic mass is 16.5.